The first-order valence-corrected chi connectivity index (χ1v) is 12.2. The average Bonchev–Trinajstić information content (AvgIpc) is 3.56. The van der Waals surface area contributed by atoms with Crippen molar-refractivity contribution >= 4 is 23.4 Å². The summed E-state index contributed by atoms with van der Waals surface area (Å²) in [5.41, 5.74) is 4.85. The number of amides is 1. The molecule has 0 unspecified atom stereocenters. The highest BCUT2D eigenvalue weighted by atomic mass is 32.2. The van der Waals surface area contributed by atoms with Gasteiger partial charge in [-0.1, -0.05) is 71.9 Å². The van der Waals surface area contributed by atoms with Crippen molar-refractivity contribution in [2.45, 2.75) is 24.6 Å². The molecule has 0 aliphatic carbocycles. The summed E-state index contributed by atoms with van der Waals surface area (Å²) in [5.74, 6) is 1.21. The van der Waals surface area contributed by atoms with Crippen molar-refractivity contribution in [3.63, 3.8) is 0 Å². The quantitative estimate of drug-likeness (QED) is 0.321. The number of benzene rings is 3. The van der Waals surface area contributed by atoms with Gasteiger partial charge in [0.15, 0.2) is 0 Å². The van der Waals surface area contributed by atoms with E-state index in [1.165, 1.54) is 11.8 Å². The van der Waals surface area contributed by atoms with Crippen LogP contribution in [-0.4, -0.2) is 39.7 Å². The van der Waals surface area contributed by atoms with Gasteiger partial charge in [0.05, 0.1) is 24.6 Å². The largest absolute Gasteiger partial charge is 0.497 e. The van der Waals surface area contributed by atoms with E-state index in [1.807, 2.05) is 85.8 Å². The fraction of sp³-hybridized carbons (Fsp3) is 0.185. The van der Waals surface area contributed by atoms with Crippen LogP contribution in [-0.2, 0) is 4.79 Å². The van der Waals surface area contributed by atoms with E-state index < -0.39 is 0 Å². The lowest BCUT2D eigenvalue weighted by Gasteiger charge is -2.22. The molecule has 0 N–H and O–H groups in total. The average molecular weight is 485 g/mol. The number of hydrazone groups is 1. The predicted octanol–water partition coefficient (Wildman–Crippen LogP) is 5.52. The minimum atomic E-state index is -0.199. The number of aromatic nitrogens is 2. The Morgan fingerprint density at radius 1 is 1.03 bits per heavy atom. The van der Waals surface area contributed by atoms with Gasteiger partial charge in [0.1, 0.15) is 5.75 Å². The number of carbonyl (C=O) groups excluding carboxylic acids is 1. The van der Waals surface area contributed by atoms with E-state index in [0.29, 0.717) is 17.5 Å². The van der Waals surface area contributed by atoms with Crippen LogP contribution in [0, 0.1) is 6.92 Å². The third-order valence-electron chi connectivity index (χ3n) is 5.76. The van der Waals surface area contributed by atoms with Crippen molar-refractivity contribution in [2.75, 3.05) is 12.9 Å². The smallest absolute Gasteiger partial charge is 0.277 e. The van der Waals surface area contributed by atoms with Crippen LogP contribution < -0.4 is 4.74 Å². The number of methoxy groups -OCH3 is 1. The first-order chi connectivity index (χ1) is 17.1. The molecule has 1 amide bonds. The molecule has 1 aromatic heterocycles. The molecule has 35 heavy (non-hydrogen) atoms. The van der Waals surface area contributed by atoms with Crippen molar-refractivity contribution in [1.29, 1.82) is 0 Å². The van der Waals surface area contributed by atoms with E-state index in [1.54, 1.807) is 12.1 Å². The normalized spacial score (nSPS) is 15.2. The maximum Gasteiger partial charge on any atom is 0.277 e. The molecular weight excluding hydrogens is 460 g/mol. The second-order valence-corrected chi connectivity index (χ2v) is 9.10. The number of rotatable bonds is 7. The number of aryl methyl sites for hydroxylation is 1. The second-order valence-electron chi connectivity index (χ2n) is 8.18. The Morgan fingerprint density at radius 2 is 1.80 bits per heavy atom. The molecule has 0 bridgehead atoms. The Morgan fingerprint density at radius 3 is 2.54 bits per heavy atom. The first kappa shape index (κ1) is 22.9. The molecule has 0 radical (unpaired) electrons. The van der Waals surface area contributed by atoms with E-state index in [0.717, 1.165) is 33.7 Å². The van der Waals surface area contributed by atoms with Gasteiger partial charge in [0, 0.05) is 12.0 Å². The lowest BCUT2D eigenvalue weighted by molar-refractivity contribution is -0.130. The van der Waals surface area contributed by atoms with Crippen molar-refractivity contribution in [2.24, 2.45) is 5.10 Å². The summed E-state index contributed by atoms with van der Waals surface area (Å²) in [5, 5.41) is 14.9. The molecular formula is C27H24N4O3S. The van der Waals surface area contributed by atoms with Gasteiger partial charge in [0.25, 0.3) is 11.1 Å². The van der Waals surface area contributed by atoms with Crippen LogP contribution in [0.25, 0.3) is 11.5 Å². The minimum absolute atomic E-state index is 0.128. The van der Waals surface area contributed by atoms with Crippen LogP contribution in [0.15, 0.2) is 93.6 Å². The first-order valence-electron chi connectivity index (χ1n) is 11.2. The van der Waals surface area contributed by atoms with Gasteiger partial charge in [-0.25, -0.2) is 5.01 Å². The molecule has 2 heterocycles. The van der Waals surface area contributed by atoms with Gasteiger partial charge >= 0.3 is 0 Å². The highest BCUT2D eigenvalue weighted by Gasteiger charge is 2.33. The van der Waals surface area contributed by atoms with Crippen LogP contribution in [0.4, 0.5) is 0 Å². The molecule has 4 aromatic rings. The van der Waals surface area contributed by atoms with Crippen molar-refractivity contribution < 1.29 is 13.9 Å². The summed E-state index contributed by atoms with van der Waals surface area (Å²) < 4.78 is 11.1. The predicted molar refractivity (Wildman–Crippen MR) is 135 cm³/mol. The molecule has 7 nitrogen and oxygen atoms in total. The molecule has 0 saturated carbocycles. The van der Waals surface area contributed by atoms with Crippen LogP contribution >= 0.6 is 11.8 Å². The van der Waals surface area contributed by atoms with Crippen molar-refractivity contribution in [3.8, 4) is 17.2 Å². The Bertz CT molecular complexity index is 1350. The molecule has 8 heteroatoms. The zero-order valence-electron chi connectivity index (χ0n) is 19.4. The fourth-order valence-electron chi connectivity index (χ4n) is 3.98. The molecule has 1 aliphatic rings. The molecule has 0 fully saturated rings. The summed E-state index contributed by atoms with van der Waals surface area (Å²) in [6.07, 6.45) is 0.630. The monoisotopic (exact) mass is 484 g/mol. The lowest BCUT2D eigenvalue weighted by atomic mass is 9.98. The zero-order chi connectivity index (χ0) is 24.2. The summed E-state index contributed by atoms with van der Waals surface area (Å²) in [4.78, 5) is 13.3. The highest BCUT2D eigenvalue weighted by molar-refractivity contribution is 7.99. The molecule has 176 valence electrons. The summed E-state index contributed by atoms with van der Waals surface area (Å²) in [6.45, 7) is 2.01. The van der Waals surface area contributed by atoms with E-state index in [9.17, 15) is 4.79 Å². The van der Waals surface area contributed by atoms with Crippen molar-refractivity contribution in [1.82, 2.24) is 15.2 Å². The molecule has 0 saturated heterocycles. The van der Waals surface area contributed by atoms with Gasteiger partial charge in [-0.3, -0.25) is 4.79 Å². The topological polar surface area (TPSA) is 80.8 Å². The number of hydrogen-bond donors (Lipinski definition) is 0. The minimum Gasteiger partial charge on any atom is -0.497 e. The number of thioether (sulfide) groups is 1. The standard InChI is InChI=1S/C27H24N4O3S/c1-18-7-6-10-21(15-18)26-28-29-27(34-26)35-17-25(32)31-24(20-11-13-22(33-2)14-12-20)16-23(30-31)19-8-4-3-5-9-19/h3-15,24H,16-17H2,1-2H3/t24-/m0/s1. The van der Waals surface area contributed by atoms with Crippen LogP contribution in [0.5, 0.6) is 5.75 Å². The number of carbonyl (C=O) groups is 1. The maximum atomic E-state index is 13.3. The Kier molecular flexibility index (Phi) is 6.63. The van der Waals surface area contributed by atoms with Crippen LogP contribution in [0.1, 0.15) is 29.2 Å². The summed E-state index contributed by atoms with van der Waals surface area (Å²) in [6, 6.07) is 25.4. The SMILES string of the molecule is COc1ccc([C@@H]2CC(c3ccccc3)=NN2C(=O)CSc2nnc(-c3cccc(C)c3)o2)cc1. The lowest BCUT2D eigenvalue weighted by Crippen LogP contribution is -2.28. The second kappa shape index (κ2) is 10.1. The van der Waals surface area contributed by atoms with Gasteiger partial charge in [-0.05, 0) is 42.3 Å². The van der Waals surface area contributed by atoms with E-state index in [2.05, 4.69) is 10.2 Å². The molecule has 3 aromatic carbocycles. The molecule has 5 rings (SSSR count). The third kappa shape index (κ3) is 5.12. The van der Waals surface area contributed by atoms with E-state index in [-0.39, 0.29) is 17.7 Å². The van der Waals surface area contributed by atoms with Gasteiger partial charge in [-0.15, -0.1) is 10.2 Å². The fourth-order valence-corrected chi connectivity index (χ4v) is 4.60. The highest BCUT2D eigenvalue weighted by Crippen LogP contribution is 2.34. The zero-order valence-corrected chi connectivity index (χ0v) is 20.2. The van der Waals surface area contributed by atoms with Crippen LogP contribution in [0.2, 0.25) is 0 Å². The van der Waals surface area contributed by atoms with Crippen LogP contribution in [0.3, 0.4) is 0 Å². The Hall–Kier alpha value is -3.91. The Labute approximate surface area is 207 Å². The summed E-state index contributed by atoms with van der Waals surface area (Å²) >= 11 is 1.21. The molecule has 1 aliphatic heterocycles. The Balaban J connectivity index is 1.34. The van der Waals surface area contributed by atoms with E-state index >= 15 is 0 Å². The molecule has 1 atom stereocenters. The molecule has 0 spiro atoms. The van der Waals surface area contributed by atoms with E-state index in [4.69, 9.17) is 14.3 Å². The van der Waals surface area contributed by atoms with Crippen molar-refractivity contribution in [3.05, 3.63) is 95.6 Å². The number of nitrogens with zero attached hydrogens (tertiary/aromatic N) is 4. The maximum absolute atomic E-state index is 13.3. The summed E-state index contributed by atoms with van der Waals surface area (Å²) in [7, 11) is 1.64. The number of ether oxygens (including phenoxy) is 1. The van der Waals surface area contributed by atoms with Gasteiger partial charge in [-0.2, -0.15) is 5.10 Å². The van der Waals surface area contributed by atoms with Gasteiger partial charge in [0.2, 0.25) is 5.89 Å². The number of hydrogen-bond acceptors (Lipinski definition) is 7. The third-order valence-corrected chi connectivity index (χ3v) is 6.57. The van der Waals surface area contributed by atoms with Gasteiger partial charge < -0.3 is 9.15 Å².